The molecule has 1 amide bonds. The number of nitrogens with one attached hydrogen (secondary N) is 1. The zero-order valence-electron chi connectivity index (χ0n) is 20.7. The lowest BCUT2D eigenvalue weighted by atomic mass is 9.96. The number of fused-ring (bicyclic) bond motifs is 1. The maximum atomic E-state index is 13.3. The number of methoxy groups -OCH3 is 1. The molecule has 0 unspecified atom stereocenters. The molecule has 3 aromatic rings. The number of benzene rings is 1. The minimum atomic E-state index is -3.08. The van der Waals surface area contributed by atoms with E-state index in [0.29, 0.717) is 11.3 Å². The van der Waals surface area contributed by atoms with Crippen LogP contribution in [-0.2, 0) is 10.2 Å². The average molecular weight is 513 g/mol. The van der Waals surface area contributed by atoms with E-state index >= 15 is 0 Å². The van der Waals surface area contributed by atoms with Gasteiger partial charge in [0.15, 0.2) is 0 Å². The molecule has 1 aliphatic heterocycles. The summed E-state index contributed by atoms with van der Waals surface area (Å²) in [5.74, 6) is -0.545. The van der Waals surface area contributed by atoms with Crippen LogP contribution in [0.1, 0.15) is 41.6 Å². The number of alkyl halides is 2. The normalized spacial score (nSPS) is 19.2. The molecular weight excluding hydrogens is 482 g/mol. The predicted molar refractivity (Wildman–Crippen MR) is 132 cm³/mol. The van der Waals surface area contributed by atoms with Crippen LogP contribution >= 0.6 is 0 Å². The smallest absolute Gasteiger partial charge is 0.387 e. The average Bonchev–Trinajstić information content (AvgIpc) is 3.82. The van der Waals surface area contributed by atoms with E-state index in [2.05, 4.69) is 27.3 Å². The van der Waals surface area contributed by atoms with Gasteiger partial charge in [0.1, 0.15) is 22.7 Å². The molecule has 10 heteroatoms. The van der Waals surface area contributed by atoms with Gasteiger partial charge in [0.25, 0.3) is 5.91 Å². The number of amides is 1. The van der Waals surface area contributed by atoms with Crippen LogP contribution in [0.3, 0.4) is 0 Å². The third kappa shape index (κ3) is 4.87. The van der Waals surface area contributed by atoms with Crippen molar-refractivity contribution in [3.8, 4) is 22.8 Å². The van der Waals surface area contributed by atoms with E-state index in [1.807, 2.05) is 10.6 Å². The number of hydrogen-bond donors (Lipinski definition) is 1. The summed E-state index contributed by atoms with van der Waals surface area (Å²) in [5.41, 5.74) is 3.38. The first-order valence-corrected chi connectivity index (χ1v) is 12.7. The number of pyridine rings is 1. The second-order valence-corrected chi connectivity index (χ2v) is 10.1. The van der Waals surface area contributed by atoms with Crippen molar-refractivity contribution in [3.63, 3.8) is 0 Å². The molecule has 37 heavy (non-hydrogen) atoms. The number of rotatable bonds is 9. The van der Waals surface area contributed by atoms with Crippen molar-refractivity contribution < 1.29 is 27.8 Å². The monoisotopic (exact) mass is 512 g/mol. The third-order valence-corrected chi connectivity index (χ3v) is 7.55. The van der Waals surface area contributed by atoms with Crippen LogP contribution in [-0.4, -0.2) is 72.8 Å². The van der Waals surface area contributed by atoms with E-state index in [1.165, 1.54) is 18.7 Å². The maximum Gasteiger partial charge on any atom is 0.387 e. The molecule has 0 radical (unpaired) electrons. The van der Waals surface area contributed by atoms with Crippen LogP contribution in [0.4, 0.5) is 8.78 Å². The highest BCUT2D eigenvalue weighted by atomic mass is 19.3. The lowest BCUT2D eigenvalue weighted by Crippen LogP contribution is -2.41. The van der Waals surface area contributed by atoms with Crippen molar-refractivity contribution >= 4 is 11.6 Å². The molecule has 1 aromatic carbocycles. The Labute approximate surface area is 213 Å². The topological polar surface area (TPSA) is 77.3 Å². The molecule has 2 aliphatic carbocycles. The first kappa shape index (κ1) is 24.1. The summed E-state index contributed by atoms with van der Waals surface area (Å²) in [5, 5.41) is 2.83. The van der Waals surface area contributed by atoms with Crippen LogP contribution in [0.5, 0.6) is 11.5 Å². The number of halogens is 2. The van der Waals surface area contributed by atoms with E-state index in [0.717, 1.165) is 64.2 Å². The van der Waals surface area contributed by atoms with Gasteiger partial charge in [-0.3, -0.25) is 14.1 Å². The second kappa shape index (κ2) is 9.57. The second-order valence-electron chi connectivity index (χ2n) is 10.1. The van der Waals surface area contributed by atoms with E-state index in [-0.39, 0.29) is 28.5 Å². The summed E-state index contributed by atoms with van der Waals surface area (Å²) in [6.45, 7) is 1.39. The summed E-state index contributed by atoms with van der Waals surface area (Å²) >= 11 is 0. The SMILES string of the molecule is COc1cc(-c2cnc3cc(C4(CN5CCOCC5)CC4)ccn23)cc(OC(F)F)c1C(=O)NC1CC1. The standard InChI is InChI=1S/C27H30F2N4O4/c1-35-21-12-17(13-22(37-26(28)29)24(21)25(34)31-19-2-3-19)20-15-30-23-14-18(4-7-33(20)23)27(5-6-27)16-32-8-10-36-11-9-32/h4,7,12-15,19,26H,2-3,5-6,8-11,16H2,1H3,(H,31,34). The number of hydrogen-bond acceptors (Lipinski definition) is 6. The molecule has 0 atom stereocenters. The van der Waals surface area contributed by atoms with E-state index in [4.69, 9.17) is 14.2 Å². The first-order valence-electron chi connectivity index (χ1n) is 12.7. The number of imidazole rings is 1. The summed E-state index contributed by atoms with van der Waals surface area (Å²) in [4.78, 5) is 19.9. The Morgan fingerprint density at radius 2 is 1.97 bits per heavy atom. The Balaban J connectivity index is 1.33. The van der Waals surface area contributed by atoms with Crippen molar-refractivity contribution in [3.05, 3.63) is 47.8 Å². The predicted octanol–water partition coefficient (Wildman–Crippen LogP) is 3.87. The van der Waals surface area contributed by atoms with Gasteiger partial charge < -0.3 is 19.5 Å². The quantitative estimate of drug-likeness (QED) is 0.469. The number of carbonyl (C=O) groups is 1. The van der Waals surface area contributed by atoms with Gasteiger partial charge in [-0.15, -0.1) is 0 Å². The van der Waals surface area contributed by atoms with Crippen molar-refractivity contribution in [2.45, 2.75) is 43.8 Å². The minimum Gasteiger partial charge on any atom is -0.496 e. The Morgan fingerprint density at radius 3 is 2.65 bits per heavy atom. The van der Waals surface area contributed by atoms with Gasteiger partial charge in [0.2, 0.25) is 0 Å². The third-order valence-electron chi connectivity index (χ3n) is 7.55. The van der Waals surface area contributed by atoms with Crippen molar-refractivity contribution in [2.24, 2.45) is 0 Å². The fraction of sp³-hybridized carbons (Fsp3) is 0.481. The van der Waals surface area contributed by atoms with Gasteiger partial charge in [-0.2, -0.15) is 8.78 Å². The van der Waals surface area contributed by atoms with E-state index < -0.39 is 12.5 Å². The Hall–Kier alpha value is -3.24. The van der Waals surface area contributed by atoms with Gasteiger partial charge in [0, 0.05) is 42.9 Å². The summed E-state index contributed by atoms with van der Waals surface area (Å²) in [6, 6.07) is 7.41. The van der Waals surface area contributed by atoms with Crippen molar-refractivity contribution in [2.75, 3.05) is 40.0 Å². The van der Waals surface area contributed by atoms with Gasteiger partial charge in [-0.1, -0.05) is 0 Å². The van der Waals surface area contributed by atoms with Crippen molar-refractivity contribution in [1.82, 2.24) is 19.6 Å². The molecule has 196 valence electrons. The van der Waals surface area contributed by atoms with Crippen LogP contribution in [0.25, 0.3) is 16.9 Å². The fourth-order valence-corrected chi connectivity index (χ4v) is 5.20. The molecule has 3 aliphatic rings. The number of morpholine rings is 1. The fourth-order valence-electron chi connectivity index (χ4n) is 5.20. The van der Waals surface area contributed by atoms with Crippen LogP contribution in [0.2, 0.25) is 0 Å². The lowest BCUT2D eigenvalue weighted by molar-refractivity contribution is -0.0502. The molecule has 1 N–H and O–H groups in total. The molecule has 8 nitrogen and oxygen atoms in total. The maximum absolute atomic E-state index is 13.3. The number of aromatic nitrogens is 2. The van der Waals surface area contributed by atoms with Crippen LogP contribution < -0.4 is 14.8 Å². The van der Waals surface area contributed by atoms with Gasteiger partial charge in [-0.25, -0.2) is 4.98 Å². The summed E-state index contributed by atoms with van der Waals surface area (Å²) in [7, 11) is 1.41. The van der Waals surface area contributed by atoms with Gasteiger partial charge in [-0.05, 0) is 55.5 Å². The molecule has 2 saturated carbocycles. The Bertz CT molecular complexity index is 1310. The van der Waals surface area contributed by atoms with Crippen LogP contribution in [0, 0.1) is 0 Å². The number of nitrogens with zero attached hydrogens (tertiary/aromatic N) is 3. The summed E-state index contributed by atoms with van der Waals surface area (Å²) < 4.78 is 44.3. The summed E-state index contributed by atoms with van der Waals surface area (Å²) in [6.07, 6.45) is 7.70. The molecular formula is C27H30F2N4O4. The molecule has 3 fully saturated rings. The number of ether oxygens (including phenoxy) is 3. The zero-order valence-corrected chi connectivity index (χ0v) is 20.7. The van der Waals surface area contributed by atoms with E-state index in [9.17, 15) is 13.6 Å². The lowest BCUT2D eigenvalue weighted by Gasteiger charge is -2.30. The Morgan fingerprint density at radius 1 is 1.22 bits per heavy atom. The molecule has 3 heterocycles. The van der Waals surface area contributed by atoms with Gasteiger partial charge >= 0.3 is 6.61 Å². The Kier molecular flexibility index (Phi) is 6.24. The molecule has 1 saturated heterocycles. The van der Waals surface area contributed by atoms with Crippen LogP contribution in [0.15, 0.2) is 36.7 Å². The highest BCUT2D eigenvalue weighted by molar-refractivity contribution is 6.01. The molecule has 2 aromatic heterocycles. The van der Waals surface area contributed by atoms with E-state index in [1.54, 1.807) is 12.3 Å². The largest absolute Gasteiger partial charge is 0.496 e. The molecule has 0 bridgehead atoms. The van der Waals surface area contributed by atoms with Crippen molar-refractivity contribution in [1.29, 1.82) is 0 Å². The molecule has 0 spiro atoms. The number of carbonyl (C=O) groups excluding carboxylic acids is 1. The van der Waals surface area contributed by atoms with Gasteiger partial charge in [0.05, 0.1) is 32.2 Å². The zero-order chi connectivity index (χ0) is 25.6. The minimum absolute atomic E-state index is 0.0339. The highest BCUT2D eigenvalue weighted by Gasteiger charge is 2.45. The first-order chi connectivity index (χ1) is 18.0. The highest BCUT2D eigenvalue weighted by Crippen LogP contribution is 2.49. The molecule has 6 rings (SSSR count).